The van der Waals surface area contributed by atoms with Gasteiger partial charge >= 0.3 is 0 Å². The van der Waals surface area contributed by atoms with E-state index in [0.717, 1.165) is 5.69 Å². The van der Waals surface area contributed by atoms with Crippen molar-refractivity contribution in [3.8, 4) is 0 Å². The van der Waals surface area contributed by atoms with Gasteiger partial charge in [0, 0.05) is 0 Å². The molecule has 2 aromatic carbocycles. The average Bonchev–Trinajstić information content (AvgIpc) is 2.62. The van der Waals surface area contributed by atoms with E-state index in [9.17, 15) is 0 Å². The topological polar surface area (TPSA) is 101 Å². The number of benzene rings is 2. The molecule has 6 heteroatoms. The highest BCUT2D eigenvalue weighted by Crippen LogP contribution is 2.29. The Balaban J connectivity index is 1.95. The molecule has 0 unspecified atom stereocenters. The first-order valence-electron chi connectivity index (χ1n) is 6.47. The molecule has 0 saturated carbocycles. The predicted molar refractivity (Wildman–Crippen MR) is 83.8 cm³/mol. The number of azo groups is 1. The van der Waals surface area contributed by atoms with Gasteiger partial charge in [0.2, 0.25) is 0 Å². The zero-order valence-electron chi connectivity index (χ0n) is 11.2. The van der Waals surface area contributed by atoms with Crippen LogP contribution in [0, 0.1) is 0 Å². The summed E-state index contributed by atoms with van der Waals surface area (Å²) in [4.78, 5) is 8.66. The average molecular weight is 278 g/mol. The van der Waals surface area contributed by atoms with Gasteiger partial charge in [0.1, 0.15) is 11.7 Å². The molecule has 0 saturated heterocycles. The molecule has 1 aliphatic rings. The van der Waals surface area contributed by atoms with Crippen LogP contribution in [0.3, 0.4) is 0 Å². The molecular formula is C15H14N6. The summed E-state index contributed by atoms with van der Waals surface area (Å²) in [6, 6.07) is 16.1. The fourth-order valence-corrected chi connectivity index (χ4v) is 1.94. The van der Waals surface area contributed by atoms with E-state index in [1.54, 1.807) is 0 Å². The highest BCUT2D eigenvalue weighted by Gasteiger charge is 2.21. The Kier molecular flexibility index (Phi) is 3.42. The van der Waals surface area contributed by atoms with Crippen LogP contribution in [0.2, 0.25) is 0 Å². The van der Waals surface area contributed by atoms with Crippen molar-refractivity contribution in [3.63, 3.8) is 0 Å². The van der Waals surface area contributed by atoms with Crippen LogP contribution in [0.5, 0.6) is 0 Å². The summed E-state index contributed by atoms with van der Waals surface area (Å²) >= 11 is 0. The number of hydrogen-bond donors (Lipinski definition) is 2. The number of nitrogens with two attached hydrogens (primary N) is 2. The van der Waals surface area contributed by atoms with E-state index < -0.39 is 6.04 Å². The number of amidine groups is 2. The fraction of sp³-hybridized carbons (Fsp3) is 0.0667. The van der Waals surface area contributed by atoms with E-state index in [1.165, 1.54) is 0 Å². The molecule has 3 rings (SSSR count). The van der Waals surface area contributed by atoms with Gasteiger partial charge < -0.3 is 11.5 Å². The molecule has 0 aromatic heterocycles. The zero-order chi connectivity index (χ0) is 14.7. The monoisotopic (exact) mass is 278 g/mol. The minimum atomic E-state index is -0.655. The third kappa shape index (κ3) is 2.79. The van der Waals surface area contributed by atoms with Gasteiger partial charge in [0.25, 0.3) is 0 Å². The van der Waals surface area contributed by atoms with Crippen LogP contribution in [0.15, 0.2) is 74.8 Å². The molecule has 4 N–H and O–H groups in total. The second-order valence-corrected chi connectivity index (χ2v) is 4.52. The van der Waals surface area contributed by atoms with Crippen LogP contribution in [-0.4, -0.2) is 17.7 Å². The molecule has 104 valence electrons. The van der Waals surface area contributed by atoms with Crippen molar-refractivity contribution < 1.29 is 0 Å². The van der Waals surface area contributed by atoms with Crippen molar-refractivity contribution in [3.05, 3.63) is 54.6 Å². The number of hydrogen-bond acceptors (Lipinski definition) is 6. The first-order chi connectivity index (χ1) is 10.2. The first kappa shape index (κ1) is 13.0. The molecule has 0 radical (unpaired) electrons. The SMILES string of the molecule is NC1=Nc2ccccc2N=C(N)C1N=Nc1ccccc1. The number of para-hydroxylation sites is 2. The molecular weight excluding hydrogens is 264 g/mol. The summed E-state index contributed by atoms with van der Waals surface area (Å²) in [5, 5.41) is 8.31. The number of aliphatic imine (C=N–C) groups is 2. The van der Waals surface area contributed by atoms with Crippen molar-refractivity contribution in [1.82, 2.24) is 0 Å². The van der Waals surface area contributed by atoms with E-state index >= 15 is 0 Å². The minimum Gasteiger partial charge on any atom is -0.385 e. The lowest BCUT2D eigenvalue weighted by molar-refractivity contribution is 0.983. The van der Waals surface area contributed by atoms with Crippen LogP contribution in [0.1, 0.15) is 0 Å². The van der Waals surface area contributed by atoms with E-state index in [2.05, 4.69) is 20.2 Å². The lowest BCUT2D eigenvalue weighted by Gasteiger charge is -2.07. The van der Waals surface area contributed by atoms with Crippen LogP contribution in [0.25, 0.3) is 0 Å². The third-order valence-electron chi connectivity index (χ3n) is 2.99. The number of fused-ring (bicyclic) bond motifs is 1. The summed E-state index contributed by atoms with van der Waals surface area (Å²) in [7, 11) is 0. The number of nitrogens with zero attached hydrogens (tertiary/aromatic N) is 4. The molecule has 1 heterocycles. The van der Waals surface area contributed by atoms with Crippen molar-refractivity contribution in [1.29, 1.82) is 0 Å². The second-order valence-electron chi connectivity index (χ2n) is 4.52. The van der Waals surface area contributed by atoms with Gasteiger partial charge in [0.15, 0.2) is 6.04 Å². The second kappa shape index (κ2) is 5.54. The van der Waals surface area contributed by atoms with Crippen LogP contribution < -0.4 is 11.5 Å². The Morgan fingerprint density at radius 3 is 1.86 bits per heavy atom. The van der Waals surface area contributed by atoms with Crippen molar-refractivity contribution >= 4 is 28.7 Å². The van der Waals surface area contributed by atoms with Crippen LogP contribution in [-0.2, 0) is 0 Å². The maximum Gasteiger partial charge on any atom is 0.185 e. The molecule has 0 atom stereocenters. The molecule has 0 amide bonds. The summed E-state index contributed by atoms with van der Waals surface area (Å²) in [5.41, 5.74) is 14.0. The standard InChI is InChI=1S/C15H14N6/c16-14-13(21-20-10-6-2-1-3-7-10)15(17)19-12-9-5-4-8-11(12)18-14/h1-9,13H,(H2,16,18)(H2,17,19). The molecule has 0 bridgehead atoms. The highest BCUT2D eigenvalue weighted by molar-refractivity contribution is 6.11. The summed E-state index contributed by atoms with van der Waals surface area (Å²) < 4.78 is 0. The van der Waals surface area contributed by atoms with Crippen molar-refractivity contribution in [2.45, 2.75) is 6.04 Å². The zero-order valence-corrected chi connectivity index (χ0v) is 11.2. The van der Waals surface area contributed by atoms with Gasteiger partial charge in [-0.15, -0.1) is 0 Å². The maximum atomic E-state index is 5.98. The fourth-order valence-electron chi connectivity index (χ4n) is 1.94. The molecule has 6 nitrogen and oxygen atoms in total. The van der Waals surface area contributed by atoms with E-state index in [-0.39, 0.29) is 11.7 Å². The first-order valence-corrected chi connectivity index (χ1v) is 6.47. The van der Waals surface area contributed by atoms with Gasteiger partial charge in [-0.1, -0.05) is 30.3 Å². The summed E-state index contributed by atoms with van der Waals surface area (Å²) in [5.74, 6) is 0.557. The maximum absolute atomic E-state index is 5.98. The quantitative estimate of drug-likeness (QED) is 0.825. The Bertz CT molecular complexity index is 694. The van der Waals surface area contributed by atoms with Gasteiger partial charge in [-0.3, -0.25) is 0 Å². The minimum absolute atomic E-state index is 0.279. The normalized spacial score (nSPS) is 15.2. The van der Waals surface area contributed by atoms with Crippen molar-refractivity contribution in [2.75, 3.05) is 0 Å². The Labute approximate surface area is 121 Å². The lowest BCUT2D eigenvalue weighted by atomic mass is 10.2. The summed E-state index contributed by atoms with van der Waals surface area (Å²) in [6.45, 7) is 0. The van der Waals surface area contributed by atoms with Gasteiger partial charge in [-0.2, -0.15) is 10.2 Å². The molecule has 0 spiro atoms. The van der Waals surface area contributed by atoms with Crippen molar-refractivity contribution in [2.24, 2.45) is 31.7 Å². The number of rotatable bonds is 2. The van der Waals surface area contributed by atoms with Gasteiger partial charge in [0.05, 0.1) is 17.1 Å². The lowest BCUT2D eigenvalue weighted by Crippen LogP contribution is -2.38. The largest absolute Gasteiger partial charge is 0.385 e. The molecule has 0 fully saturated rings. The molecule has 2 aromatic rings. The Hall–Kier alpha value is -3.02. The molecule has 1 aliphatic heterocycles. The van der Waals surface area contributed by atoms with Crippen LogP contribution >= 0.6 is 0 Å². The van der Waals surface area contributed by atoms with Crippen LogP contribution in [0.4, 0.5) is 17.1 Å². The Morgan fingerprint density at radius 2 is 1.29 bits per heavy atom. The summed E-state index contributed by atoms with van der Waals surface area (Å²) in [6.07, 6.45) is 0. The Morgan fingerprint density at radius 1 is 0.762 bits per heavy atom. The van der Waals surface area contributed by atoms with E-state index in [4.69, 9.17) is 11.5 Å². The predicted octanol–water partition coefficient (Wildman–Crippen LogP) is 2.83. The van der Waals surface area contributed by atoms with Gasteiger partial charge in [-0.05, 0) is 24.3 Å². The smallest absolute Gasteiger partial charge is 0.185 e. The molecule has 0 aliphatic carbocycles. The highest BCUT2D eigenvalue weighted by atomic mass is 15.2. The molecule has 21 heavy (non-hydrogen) atoms. The third-order valence-corrected chi connectivity index (χ3v) is 2.99. The van der Waals surface area contributed by atoms with Gasteiger partial charge in [-0.25, -0.2) is 9.98 Å². The van der Waals surface area contributed by atoms with E-state index in [0.29, 0.717) is 11.4 Å². The van der Waals surface area contributed by atoms with E-state index in [1.807, 2.05) is 54.6 Å².